The summed E-state index contributed by atoms with van der Waals surface area (Å²) in [6, 6.07) is 35.0. The number of hydrogen-bond acceptors (Lipinski definition) is 4. The highest BCUT2D eigenvalue weighted by molar-refractivity contribution is 6.30. The summed E-state index contributed by atoms with van der Waals surface area (Å²) in [5, 5.41) is 16.5. The maximum Gasteiger partial charge on any atom is 0.229 e. The fourth-order valence-electron chi connectivity index (χ4n) is 4.61. The molecule has 0 aliphatic carbocycles. The molecule has 1 heterocycles. The molecule has 39 heavy (non-hydrogen) atoms. The fraction of sp³-hybridized carbons (Fsp3) is 0.0303. The maximum absolute atomic E-state index is 11.8. The van der Waals surface area contributed by atoms with Crippen LogP contribution >= 0.6 is 11.6 Å². The van der Waals surface area contributed by atoms with Crippen molar-refractivity contribution in [3.8, 4) is 50.7 Å². The number of carbonyl (C=O) groups is 1. The minimum Gasteiger partial charge on any atom is -0.507 e. The Morgan fingerprint density at radius 1 is 0.744 bits per heavy atom. The topological polar surface area (TPSA) is 75.4 Å². The van der Waals surface area contributed by atoms with Gasteiger partial charge in [0.15, 0.2) is 0 Å². The molecule has 2 N–H and O–H groups in total. The van der Waals surface area contributed by atoms with Gasteiger partial charge in [-0.15, -0.1) is 0 Å². The van der Waals surface area contributed by atoms with Crippen molar-refractivity contribution in [3.05, 3.63) is 114 Å². The number of phenols is 1. The average Bonchev–Trinajstić information content (AvgIpc) is 3.36. The smallest absolute Gasteiger partial charge is 0.229 e. The van der Waals surface area contributed by atoms with Crippen molar-refractivity contribution in [1.82, 2.24) is 4.98 Å². The lowest BCUT2D eigenvalue weighted by Crippen LogP contribution is -2.05. The van der Waals surface area contributed by atoms with Gasteiger partial charge in [-0.25, -0.2) is 4.98 Å². The van der Waals surface area contributed by atoms with Gasteiger partial charge in [0.2, 0.25) is 17.7 Å². The van der Waals surface area contributed by atoms with E-state index in [1.54, 1.807) is 18.2 Å². The Labute approximate surface area is 230 Å². The Morgan fingerprint density at radius 2 is 1.36 bits per heavy atom. The van der Waals surface area contributed by atoms with Gasteiger partial charge < -0.3 is 9.52 Å². The van der Waals surface area contributed by atoms with Crippen molar-refractivity contribution >= 4 is 34.2 Å². The summed E-state index contributed by atoms with van der Waals surface area (Å²) in [4.78, 5) is 16.4. The Kier molecular flexibility index (Phi) is 6.35. The zero-order valence-electron chi connectivity index (χ0n) is 21.0. The molecule has 5 aromatic carbocycles. The molecule has 0 radical (unpaired) electrons. The standard InChI is InChI=1S/C33H23ClN2O3/c1-20(37)35-33-31(23-12-15-28(34)16-13-23)36-32(39-33)24-9-7-22(8-10-24)29-17-14-27(19-30(29)38)26-11-6-21-4-2-3-5-25(21)18-26/h2-19,38H,1H3,(H,35,37). The number of aromatic hydroxyl groups is 1. The van der Waals surface area contributed by atoms with E-state index in [0.717, 1.165) is 38.8 Å². The van der Waals surface area contributed by atoms with E-state index in [4.69, 9.17) is 16.0 Å². The number of fused-ring (bicyclic) bond motifs is 1. The number of carbonyl (C=O) groups excluding carboxylic acids is 1. The van der Waals surface area contributed by atoms with Crippen molar-refractivity contribution in [1.29, 1.82) is 0 Å². The highest BCUT2D eigenvalue weighted by Crippen LogP contribution is 2.37. The van der Waals surface area contributed by atoms with Crippen LogP contribution in [0.4, 0.5) is 5.88 Å². The zero-order chi connectivity index (χ0) is 26.9. The molecule has 0 bridgehead atoms. The molecular formula is C33H23ClN2O3. The van der Waals surface area contributed by atoms with Crippen LogP contribution in [0.25, 0.3) is 55.7 Å². The normalized spacial score (nSPS) is 11.0. The quantitative estimate of drug-likeness (QED) is 0.233. The summed E-state index contributed by atoms with van der Waals surface area (Å²) in [5.74, 6) is 0.574. The van der Waals surface area contributed by atoms with Gasteiger partial charge in [0.1, 0.15) is 11.4 Å². The zero-order valence-corrected chi connectivity index (χ0v) is 21.7. The number of anilines is 1. The number of phenolic OH excluding ortho intramolecular Hbond substituents is 1. The van der Waals surface area contributed by atoms with Gasteiger partial charge in [-0.2, -0.15) is 0 Å². The van der Waals surface area contributed by atoms with E-state index >= 15 is 0 Å². The molecule has 1 amide bonds. The summed E-state index contributed by atoms with van der Waals surface area (Å²) in [5.41, 5.74) is 5.58. The molecular weight excluding hydrogens is 508 g/mol. The van der Waals surface area contributed by atoms with Crippen molar-refractivity contribution < 1.29 is 14.3 Å². The van der Waals surface area contributed by atoms with E-state index in [1.807, 2.05) is 60.7 Å². The number of benzene rings is 5. The van der Waals surface area contributed by atoms with Crippen LogP contribution in [0, 0.1) is 0 Å². The van der Waals surface area contributed by atoms with Crippen LogP contribution < -0.4 is 5.32 Å². The fourth-order valence-corrected chi connectivity index (χ4v) is 4.73. The van der Waals surface area contributed by atoms with Crippen molar-refractivity contribution in [3.63, 3.8) is 0 Å². The predicted molar refractivity (Wildman–Crippen MR) is 157 cm³/mol. The van der Waals surface area contributed by atoms with Crippen molar-refractivity contribution in [2.75, 3.05) is 5.32 Å². The lowest BCUT2D eigenvalue weighted by molar-refractivity contribution is -0.114. The second-order valence-electron chi connectivity index (χ2n) is 9.26. The lowest BCUT2D eigenvalue weighted by atomic mass is 9.97. The number of nitrogens with zero attached hydrogens (tertiary/aromatic N) is 1. The molecule has 0 fully saturated rings. The van der Waals surface area contributed by atoms with Gasteiger partial charge in [0.25, 0.3) is 0 Å². The molecule has 0 unspecified atom stereocenters. The first-order valence-electron chi connectivity index (χ1n) is 12.4. The molecule has 0 spiro atoms. The number of amides is 1. The van der Waals surface area contributed by atoms with Crippen LogP contribution in [0.5, 0.6) is 5.75 Å². The van der Waals surface area contributed by atoms with Crippen molar-refractivity contribution in [2.24, 2.45) is 0 Å². The van der Waals surface area contributed by atoms with Crippen LogP contribution in [-0.4, -0.2) is 16.0 Å². The molecule has 0 atom stereocenters. The molecule has 0 aliphatic rings. The van der Waals surface area contributed by atoms with Gasteiger partial charge in [-0.3, -0.25) is 10.1 Å². The van der Waals surface area contributed by atoms with Gasteiger partial charge in [-0.1, -0.05) is 84.4 Å². The van der Waals surface area contributed by atoms with Crippen LogP contribution in [0.1, 0.15) is 6.92 Å². The Balaban J connectivity index is 1.29. The second-order valence-corrected chi connectivity index (χ2v) is 9.69. The number of oxazole rings is 1. The number of hydrogen-bond donors (Lipinski definition) is 2. The minimum absolute atomic E-state index is 0.197. The lowest BCUT2D eigenvalue weighted by Gasteiger charge is -2.09. The van der Waals surface area contributed by atoms with Gasteiger partial charge in [0, 0.05) is 28.6 Å². The molecule has 0 saturated carbocycles. The summed E-state index contributed by atoms with van der Waals surface area (Å²) >= 11 is 6.03. The first kappa shape index (κ1) is 24.5. The first-order chi connectivity index (χ1) is 18.9. The largest absolute Gasteiger partial charge is 0.507 e. The number of rotatable bonds is 5. The summed E-state index contributed by atoms with van der Waals surface area (Å²) in [7, 11) is 0. The first-order valence-corrected chi connectivity index (χ1v) is 12.8. The van der Waals surface area contributed by atoms with Crippen molar-refractivity contribution in [2.45, 2.75) is 6.92 Å². The van der Waals surface area contributed by atoms with E-state index in [2.05, 4.69) is 40.6 Å². The van der Waals surface area contributed by atoms with Gasteiger partial charge >= 0.3 is 0 Å². The van der Waals surface area contributed by atoms with Crippen LogP contribution in [0.2, 0.25) is 5.02 Å². The summed E-state index contributed by atoms with van der Waals surface area (Å²) < 4.78 is 5.94. The number of nitrogens with one attached hydrogen (secondary N) is 1. The monoisotopic (exact) mass is 530 g/mol. The molecule has 1 aromatic heterocycles. The Morgan fingerprint density at radius 3 is 2.08 bits per heavy atom. The molecule has 6 heteroatoms. The van der Waals surface area contributed by atoms with Gasteiger partial charge in [0.05, 0.1) is 0 Å². The van der Waals surface area contributed by atoms with E-state index in [1.165, 1.54) is 12.3 Å². The third kappa shape index (κ3) is 5.00. The molecule has 5 nitrogen and oxygen atoms in total. The Bertz CT molecular complexity index is 1820. The molecule has 0 saturated heterocycles. The number of halogens is 1. The SMILES string of the molecule is CC(=O)Nc1oc(-c2ccc(-c3ccc(-c4ccc5ccccc5c4)cc3O)cc2)nc1-c1ccc(Cl)cc1. The molecule has 6 rings (SSSR count). The van der Waals surface area contributed by atoms with E-state index in [-0.39, 0.29) is 17.5 Å². The summed E-state index contributed by atoms with van der Waals surface area (Å²) in [6.07, 6.45) is 0. The average molecular weight is 531 g/mol. The molecule has 190 valence electrons. The number of aromatic nitrogens is 1. The van der Waals surface area contributed by atoms with Crippen LogP contribution in [0.3, 0.4) is 0 Å². The van der Waals surface area contributed by atoms with Crippen LogP contribution in [-0.2, 0) is 4.79 Å². The summed E-state index contributed by atoms with van der Waals surface area (Å²) in [6.45, 7) is 1.42. The highest BCUT2D eigenvalue weighted by atomic mass is 35.5. The maximum atomic E-state index is 11.8. The van der Waals surface area contributed by atoms with Gasteiger partial charge in [-0.05, 0) is 63.9 Å². The van der Waals surface area contributed by atoms with E-state index in [9.17, 15) is 9.90 Å². The molecule has 0 aliphatic heterocycles. The molecule has 6 aromatic rings. The Hall–Kier alpha value is -4.87. The van der Waals surface area contributed by atoms with Crippen LogP contribution in [0.15, 0.2) is 114 Å². The van der Waals surface area contributed by atoms with E-state index < -0.39 is 0 Å². The third-order valence-corrected chi connectivity index (χ3v) is 6.81. The minimum atomic E-state index is -0.258. The second kappa shape index (κ2) is 10.1. The third-order valence-electron chi connectivity index (χ3n) is 6.56. The predicted octanol–water partition coefficient (Wildman–Crippen LogP) is 8.81. The highest BCUT2D eigenvalue weighted by Gasteiger charge is 2.18. The van der Waals surface area contributed by atoms with E-state index in [0.29, 0.717) is 16.6 Å².